The minimum absolute atomic E-state index is 0. The third-order valence-corrected chi connectivity index (χ3v) is 8.91. The molecular formula is C38H31FN4OPdS. The number of aryl methyl sites for hydroxylation is 4. The fourth-order valence-corrected chi connectivity index (χ4v) is 6.90. The van der Waals surface area contributed by atoms with Gasteiger partial charge >= 0.3 is 20.4 Å². The van der Waals surface area contributed by atoms with Crippen molar-refractivity contribution >= 4 is 33.6 Å². The Morgan fingerprint density at radius 3 is 2.30 bits per heavy atom. The van der Waals surface area contributed by atoms with Gasteiger partial charge in [0.25, 0.3) is 0 Å². The maximum atomic E-state index is 14.3. The van der Waals surface area contributed by atoms with Crippen LogP contribution in [0.3, 0.4) is 0 Å². The van der Waals surface area contributed by atoms with Gasteiger partial charge in [-0.1, -0.05) is 30.6 Å². The van der Waals surface area contributed by atoms with Gasteiger partial charge in [0, 0.05) is 45.4 Å². The van der Waals surface area contributed by atoms with Gasteiger partial charge in [-0.3, -0.25) is 4.68 Å². The maximum Gasteiger partial charge on any atom is 2.00 e. The minimum Gasteiger partial charge on any atom is -0.509 e. The van der Waals surface area contributed by atoms with Gasteiger partial charge in [-0.25, -0.2) is 9.37 Å². The molecule has 0 spiro atoms. The van der Waals surface area contributed by atoms with E-state index in [0.29, 0.717) is 17.3 Å². The molecule has 0 atom stereocenters. The molecule has 8 heteroatoms. The van der Waals surface area contributed by atoms with Crippen LogP contribution in [0.15, 0.2) is 83.9 Å². The number of hydrogen-bond donors (Lipinski definition) is 0. The van der Waals surface area contributed by atoms with E-state index in [9.17, 15) is 4.39 Å². The first-order valence-electron chi connectivity index (χ1n) is 14.7. The van der Waals surface area contributed by atoms with Gasteiger partial charge in [-0.2, -0.15) is 16.7 Å². The first-order valence-corrected chi connectivity index (χ1v) is 16.0. The van der Waals surface area contributed by atoms with E-state index in [4.69, 9.17) is 9.84 Å². The molecule has 0 radical (unpaired) electrons. The Balaban J connectivity index is 0.00000372. The summed E-state index contributed by atoms with van der Waals surface area (Å²) in [5.41, 5.74) is 10.3. The molecule has 4 aromatic carbocycles. The number of thioether (sulfide) groups is 1. The van der Waals surface area contributed by atoms with Gasteiger partial charge in [-0.05, 0) is 86.0 Å². The summed E-state index contributed by atoms with van der Waals surface area (Å²) in [4.78, 5) is 5.71. The summed E-state index contributed by atoms with van der Waals surface area (Å²) in [7, 11) is 0. The monoisotopic (exact) mass is 716 g/mol. The molecule has 3 aromatic heterocycles. The van der Waals surface area contributed by atoms with Gasteiger partial charge in [0.1, 0.15) is 11.6 Å². The average Bonchev–Trinajstić information content (AvgIpc) is 3.49. The third kappa shape index (κ3) is 5.56. The van der Waals surface area contributed by atoms with Crippen molar-refractivity contribution in [1.29, 1.82) is 0 Å². The molecule has 46 heavy (non-hydrogen) atoms. The Morgan fingerprint density at radius 2 is 1.57 bits per heavy atom. The topological polar surface area (TPSA) is 44.9 Å². The van der Waals surface area contributed by atoms with Gasteiger partial charge < -0.3 is 9.30 Å². The molecular weight excluding hydrogens is 686 g/mol. The van der Waals surface area contributed by atoms with Crippen molar-refractivity contribution in [2.24, 2.45) is 0 Å². The van der Waals surface area contributed by atoms with E-state index >= 15 is 0 Å². The number of aromatic nitrogens is 4. The third-order valence-electron chi connectivity index (χ3n) is 8.20. The Labute approximate surface area is 286 Å². The predicted octanol–water partition coefficient (Wildman–Crippen LogP) is 9.82. The normalized spacial score (nSPS) is 11.3. The van der Waals surface area contributed by atoms with Crippen molar-refractivity contribution < 1.29 is 29.6 Å². The summed E-state index contributed by atoms with van der Waals surface area (Å²) in [6.45, 7) is 10.5. The Bertz CT molecular complexity index is 2250. The number of benzene rings is 4. The molecule has 0 aliphatic rings. The van der Waals surface area contributed by atoms with Crippen molar-refractivity contribution in [2.45, 2.75) is 39.5 Å². The number of pyridine rings is 1. The first kappa shape index (κ1) is 31.8. The fourth-order valence-electron chi connectivity index (χ4n) is 6.31. The summed E-state index contributed by atoms with van der Waals surface area (Å²) < 4.78 is 24.5. The number of halogens is 1. The zero-order valence-electron chi connectivity index (χ0n) is 26.3. The molecule has 0 fully saturated rings. The molecule has 0 bridgehead atoms. The number of nitrogens with zero attached hydrogens (tertiary/aromatic N) is 4. The molecule has 232 valence electrons. The van der Waals surface area contributed by atoms with Crippen molar-refractivity contribution in [1.82, 2.24) is 19.3 Å². The zero-order valence-corrected chi connectivity index (χ0v) is 28.7. The first-order chi connectivity index (χ1) is 21.7. The maximum absolute atomic E-state index is 14.3. The molecule has 5 nitrogen and oxygen atoms in total. The van der Waals surface area contributed by atoms with Crippen LogP contribution < -0.4 is 4.74 Å². The van der Waals surface area contributed by atoms with Gasteiger partial charge in [0.15, 0.2) is 0 Å². The predicted molar refractivity (Wildman–Crippen MR) is 181 cm³/mol. The van der Waals surface area contributed by atoms with Crippen molar-refractivity contribution in [2.75, 3.05) is 6.26 Å². The molecule has 7 aromatic rings. The second-order valence-electron chi connectivity index (χ2n) is 11.4. The van der Waals surface area contributed by atoms with E-state index < -0.39 is 0 Å². The van der Waals surface area contributed by atoms with Crippen LogP contribution in [0, 0.1) is 52.6 Å². The van der Waals surface area contributed by atoms with Crippen LogP contribution in [0.2, 0.25) is 0 Å². The smallest absolute Gasteiger partial charge is 0.509 e. The second kappa shape index (κ2) is 12.5. The summed E-state index contributed by atoms with van der Waals surface area (Å²) in [6, 6.07) is 30.1. The van der Waals surface area contributed by atoms with Gasteiger partial charge in [-0.15, -0.1) is 47.5 Å². The Kier molecular flexibility index (Phi) is 8.65. The van der Waals surface area contributed by atoms with E-state index in [0.717, 1.165) is 50.0 Å². The Morgan fingerprint density at radius 1 is 0.804 bits per heavy atom. The minimum atomic E-state index is -0.352. The van der Waals surface area contributed by atoms with Crippen LogP contribution in [0.4, 0.5) is 4.39 Å². The number of hydrogen-bond acceptors (Lipinski definition) is 4. The molecule has 0 aliphatic heterocycles. The molecule has 0 saturated carbocycles. The standard InChI is InChI=1S/C38H31FN4OS.Pd/c1-22-15-28(43-26(5)38(25(4)41-43)37-23(2)17-31(45-6)18-24(37)3)20-30(16-22)44-29-11-12-33-32-9-7-8-10-34(32)42(35(33)21-29)36-19-27(39)13-14-40-36;/h7-19H,1-6H3;/q-2;+2. The molecule has 0 aliphatic carbocycles. The molecule has 7 rings (SSSR count). The second-order valence-corrected chi connectivity index (χ2v) is 12.3. The summed E-state index contributed by atoms with van der Waals surface area (Å²) in [6.07, 6.45) is 3.58. The molecule has 0 unspecified atom stereocenters. The van der Waals surface area contributed by atoms with Crippen LogP contribution in [-0.4, -0.2) is 25.6 Å². The molecule has 3 heterocycles. The molecule has 0 saturated heterocycles. The molecule has 0 amide bonds. The van der Waals surface area contributed by atoms with Crippen LogP contribution >= 0.6 is 11.8 Å². The van der Waals surface area contributed by atoms with E-state index in [-0.39, 0.29) is 26.2 Å². The zero-order chi connectivity index (χ0) is 31.4. The van der Waals surface area contributed by atoms with Crippen LogP contribution in [0.5, 0.6) is 11.5 Å². The van der Waals surface area contributed by atoms with Crippen molar-refractivity contribution in [3.63, 3.8) is 0 Å². The van der Waals surface area contributed by atoms with E-state index in [1.165, 1.54) is 39.9 Å². The van der Waals surface area contributed by atoms with Crippen molar-refractivity contribution in [3.05, 3.63) is 125 Å². The summed E-state index contributed by atoms with van der Waals surface area (Å²) in [5, 5.41) is 6.97. The van der Waals surface area contributed by atoms with Crippen LogP contribution in [0.1, 0.15) is 28.1 Å². The number of fused-ring (bicyclic) bond motifs is 3. The summed E-state index contributed by atoms with van der Waals surface area (Å²) >= 11 is 1.76. The van der Waals surface area contributed by atoms with Crippen LogP contribution in [0.25, 0.3) is 44.4 Å². The average molecular weight is 717 g/mol. The number of ether oxygens (including phenoxy) is 1. The van der Waals surface area contributed by atoms with Gasteiger partial charge in [0.05, 0.1) is 5.69 Å². The van der Waals surface area contributed by atoms with E-state index in [1.807, 2.05) is 58.6 Å². The van der Waals surface area contributed by atoms with Crippen LogP contribution in [-0.2, 0) is 20.4 Å². The van der Waals surface area contributed by atoms with Crippen molar-refractivity contribution in [3.8, 4) is 34.1 Å². The quantitative estimate of drug-likeness (QED) is 0.0977. The fraction of sp³-hybridized carbons (Fsp3) is 0.158. The SMILES string of the molecule is CSc1cc(C)c(-c2c(C)nn(-c3[c-]c(Oc4[c-]c5c(cc4)c4ccccc4n5-c4cc(F)ccn4)cc(C)c3)c2C)c(C)c1.[Pd+2]. The largest absolute Gasteiger partial charge is 2.00 e. The Hall–Kier alpha value is -4.22. The molecule has 0 N–H and O–H groups in total. The van der Waals surface area contributed by atoms with E-state index in [1.54, 1.807) is 11.8 Å². The number of para-hydroxylation sites is 1. The van der Waals surface area contributed by atoms with Gasteiger partial charge in [0.2, 0.25) is 0 Å². The van der Waals surface area contributed by atoms with E-state index in [2.05, 4.69) is 69.3 Å². The number of rotatable bonds is 6. The summed E-state index contributed by atoms with van der Waals surface area (Å²) in [5.74, 6) is 1.20.